The smallest absolute Gasteiger partial charge is 0.331 e. The van der Waals surface area contributed by atoms with Crippen molar-refractivity contribution >= 4 is 30.4 Å². The second kappa shape index (κ2) is 17.4. The molecule has 0 saturated carbocycles. The Balaban J connectivity index is 2.69. The molecular weight excluding hydrogens is 524 g/mol. The van der Waals surface area contributed by atoms with E-state index >= 15 is 0 Å². The zero-order valence-corrected chi connectivity index (χ0v) is 26.3. The van der Waals surface area contributed by atoms with Gasteiger partial charge in [0.15, 0.2) is 0 Å². The van der Waals surface area contributed by atoms with Crippen molar-refractivity contribution in [3.63, 3.8) is 0 Å². The molecule has 0 fully saturated rings. The van der Waals surface area contributed by atoms with Crippen molar-refractivity contribution in [2.75, 3.05) is 0 Å². The van der Waals surface area contributed by atoms with Crippen LogP contribution in [0.2, 0.25) is 0 Å². The lowest BCUT2D eigenvalue weighted by Gasteiger charge is -2.26. The first kappa shape index (κ1) is 35.6. The van der Waals surface area contributed by atoms with E-state index in [0.29, 0.717) is 17.9 Å². The van der Waals surface area contributed by atoms with Crippen molar-refractivity contribution in [1.82, 2.24) is 0 Å². The number of aliphatic hydroxyl groups is 1. The Kier molecular flexibility index (Phi) is 15.5. The van der Waals surface area contributed by atoms with Gasteiger partial charge in [0.1, 0.15) is 11.9 Å². The van der Waals surface area contributed by atoms with Gasteiger partial charge in [0.25, 0.3) is 0 Å². The Bertz CT molecular complexity index is 1010. The number of hydrogen-bond acceptors (Lipinski definition) is 6. The fourth-order valence-electron chi connectivity index (χ4n) is 5.11. The number of ether oxygens (including phenoxy) is 1. The van der Waals surface area contributed by atoms with Crippen LogP contribution in [-0.2, 0) is 19.1 Å². The van der Waals surface area contributed by atoms with Gasteiger partial charge in [-0.3, -0.25) is 4.79 Å². The summed E-state index contributed by atoms with van der Waals surface area (Å²) >= 11 is 4.92. The molecule has 0 saturated heterocycles. The highest BCUT2D eigenvalue weighted by Gasteiger charge is 2.29. The van der Waals surface area contributed by atoms with Gasteiger partial charge >= 0.3 is 11.9 Å². The monoisotopic (exact) mass is 574 g/mol. The molecule has 7 heteroatoms. The van der Waals surface area contributed by atoms with Gasteiger partial charge in [-0.25, -0.2) is 9.59 Å². The molecule has 0 aromatic rings. The predicted molar refractivity (Wildman–Crippen MR) is 165 cm³/mol. The molecule has 0 aliphatic carbocycles. The molecule has 1 heterocycles. The number of rotatable bonds is 16. The van der Waals surface area contributed by atoms with E-state index in [1.807, 2.05) is 52.0 Å². The van der Waals surface area contributed by atoms with Crippen LogP contribution in [0.3, 0.4) is 0 Å². The third-order valence-electron chi connectivity index (χ3n) is 7.76. The lowest BCUT2D eigenvalue weighted by atomic mass is 9.83. The highest BCUT2D eigenvalue weighted by molar-refractivity contribution is 7.81. The summed E-state index contributed by atoms with van der Waals surface area (Å²) in [4.78, 5) is 35.4. The van der Waals surface area contributed by atoms with Gasteiger partial charge in [-0.15, -0.1) is 0 Å². The van der Waals surface area contributed by atoms with Crippen LogP contribution in [-0.4, -0.2) is 45.4 Å². The van der Waals surface area contributed by atoms with Gasteiger partial charge < -0.3 is 14.9 Å². The molecule has 1 rings (SSSR count). The number of carbonyl (C=O) groups is 3. The molecule has 0 aromatic heterocycles. The van der Waals surface area contributed by atoms with Gasteiger partial charge in [0.05, 0.1) is 6.10 Å². The van der Waals surface area contributed by atoms with Crippen LogP contribution in [0.25, 0.3) is 0 Å². The number of thiol groups is 1. The van der Waals surface area contributed by atoms with Gasteiger partial charge in [0.2, 0.25) is 0 Å². The maximum absolute atomic E-state index is 13.0. The van der Waals surface area contributed by atoms with E-state index in [0.717, 1.165) is 24.5 Å². The molecule has 2 unspecified atom stereocenters. The first-order chi connectivity index (χ1) is 18.7. The Morgan fingerprint density at radius 1 is 1.15 bits per heavy atom. The van der Waals surface area contributed by atoms with E-state index in [4.69, 9.17) is 22.5 Å². The summed E-state index contributed by atoms with van der Waals surface area (Å²) in [6.45, 7) is 15.4. The zero-order valence-electron chi connectivity index (χ0n) is 25.4. The first-order valence-electron chi connectivity index (χ1n) is 14.4. The second-order valence-corrected chi connectivity index (χ2v) is 12.2. The summed E-state index contributed by atoms with van der Waals surface area (Å²) in [7, 11) is 0. The lowest BCUT2D eigenvalue weighted by Crippen LogP contribution is -2.34. The van der Waals surface area contributed by atoms with Crippen LogP contribution in [0.5, 0.6) is 0 Å². The molecule has 0 aromatic carbocycles. The standard InChI is InChI=1S/C33H50O6S/c1-9-27(14-15-28-22(4)13-16-30(36)39-28)33(40)23(5)12-10-11-20(2)17-24(6)31(37)26(8)32(38)25(7)18-21(3)19-29(34)35/h10-11,13-17,19,22-28,32-33,38,40H,9,12,18H2,1-8H3,(H,34,35)/b11-10+,15-14+,20-17+,21-19+/t22-,23+,24+,25-,26+,27?,28-,32+,33?/m0/s1. The molecule has 9 atom stereocenters. The van der Waals surface area contributed by atoms with Crippen molar-refractivity contribution in [3.8, 4) is 0 Å². The Morgan fingerprint density at radius 2 is 1.80 bits per heavy atom. The number of aliphatic hydroxyl groups excluding tert-OH is 1. The van der Waals surface area contributed by atoms with Crippen LogP contribution in [0, 0.1) is 35.5 Å². The Hall–Kier alpha value is -2.38. The number of allylic oxidation sites excluding steroid dienone is 6. The summed E-state index contributed by atoms with van der Waals surface area (Å²) in [5.74, 6) is -1.80. The largest absolute Gasteiger partial charge is 0.478 e. The maximum Gasteiger partial charge on any atom is 0.331 e. The number of Topliss-reactive ketones (excluding diaryl/α,β-unsaturated/α-hetero) is 1. The molecule has 2 N–H and O–H groups in total. The number of ketones is 1. The third kappa shape index (κ3) is 12.0. The van der Waals surface area contributed by atoms with Crippen LogP contribution in [0.1, 0.15) is 74.7 Å². The summed E-state index contributed by atoms with van der Waals surface area (Å²) in [5, 5.41) is 19.7. The van der Waals surface area contributed by atoms with E-state index in [9.17, 15) is 19.5 Å². The molecule has 0 radical (unpaired) electrons. The molecule has 224 valence electrons. The van der Waals surface area contributed by atoms with Crippen molar-refractivity contribution in [2.45, 2.75) is 92.1 Å². The summed E-state index contributed by atoms with van der Waals surface area (Å²) in [5.41, 5.74) is 1.64. The second-order valence-electron chi connectivity index (χ2n) is 11.6. The molecule has 0 spiro atoms. The van der Waals surface area contributed by atoms with Crippen LogP contribution >= 0.6 is 12.6 Å². The highest BCUT2D eigenvalue weighted by Crippen LogP contribution is 2.28. The first-order valence-corrected chi connectivity index (χ1v) is 14.9. The van der Waals surface area contributed by atoms with E-state index < -0.39 is 18.0 Å². The van der Waals surface area contributed by atoms with E-state index in [-0.39, 0.29) is 46.8 Å². The molecule has 0 amide bonds. The molecule has 1 aliphatic heterocycles. The van der Waals surface area contributed by atoms with E-state index in [1.165, 1.54) is 6.08 Å². The Labute approximate surface area is 246 Å². The average molecular weight is 575 g/mol. The molecule has 1 aliphatic rings. The van der Waals surface area contributed by atoms with Gasteiger partial charge in [0, 0.05) is 35.2 Å². The van der Waals surface area contributed by atoms with Crippen molar-refractivity contribution in [2.24, 2.45) is 35.5 Å². The van der Waals surface area contributed by atoms with E-state index in [1.54, 1.807) is 13.8 Å². The minimum Gasteiger partial charge on any atom is -0.478 e. The van der Waals surface area contributed by atoms with Crippen LogP contribution < -0.4 is 0 Å². The highest BCUT2D eigenvalue weighted by atomic mass is 32.1. The lowest BCUT2D eigenvalue weighted by molar-refractivity contribution is -0.143. The molecular formula is C33H50O6S. The van der Waals surface area contributed by atoms with Crippen LogP contribution in [0.4, 0.5) is 0 Å². The number of carboxylic acids is 1. The average Bonchev–Trinajstić information content (AvgIpc) is 2.88. The number of esters is 1. The number of carbonyl (C=O) groups excluding carboxylic acids is 2. The molecule has 6 nitrogen and oxygen atoms in total. The van der Waals surface area contributed by atoms with Crippen molar-refractivity contribution in [3.05, 3.63) is 59.8 Å². The fraction of sp³-hybridized carbons (Fsp3) is 0.606. The minimum absolute atomic E-state index is 0.0400. The maximum atomic E-state index is 13.0. The third-order valence-corrected chi connectivity index (χ3v) is 8.65. The summed E-state index contributed by atoms with van der Waals surface area (Å²) < 4.78 is 5.43. The van der Waals surface area contributed by atoms with Crippen LogP contribution in [0.15, 0.2) is 59.8 Å². The molecule has 40 heavy (non-hydrogen) atoms. The SMILES string of the molecule is CCC(/C=C/[C@@H]1OC(=O)C=C[C@@H]1C)C(S)[C@H](C)C/C=C/C(C)=C/[C@@H](C)C(=O)[C@@H](C)[C@H](O)[C@@H](C)C/C(C)=C/C(=O)O. The minimum atomic E-state index is -1.01. The number of carboxylic acid groups (broad SMARTS) is 1. The van der Waals surface area contributed by atoms with Gasteiger partial charge in [-0.1, -0.05) is 83.1 Å². The van der Waals surface area contributed by atoms with Gasteiger partial charge in [-0.05, 0) is 56.9 Å². The zero-order chi connectivity index (χ0) is 30.6. The number of aliphatic carboxylic acids is 1. The summed E-state index contributed by atoms with van der Waals surface area (Å²) in [6, 6.07) is 0. The van der Waals surface area contributed by atoms with Gasteiger partial charge in [-0.2, -0.15) is 12.6 Å². The quantitative estimate of drug-likeness (QED) is 0.0618. The molecule has 0 bridgehead atoms. The number of cyclic esters (lactones) is 1. The van der Waals surface area contributed by atoms with Crippen molar-refractivity contribution < 1.29 is 29.3 Å². The number of hydrogen-bond donors (Lipinski definition) is 3. The van der Waals surface area contributed by atoms with E-state index in [2.05, 4.69) is 26.0 Å². The normalized spacial score (nSPS) is 23.9. The predicted octanol–water partition coefficient (Wildman–Crippen LogP) is 6.77. The summed E-state index contributed by atoms with van der Waals surface area (Å²) in [6.07, 6.45) is 15.8. The van der Waals surface area contributed by atoms with Crippen molar-refractivity contribution in [1.29, 1.82) is 0 Å². The fourth-order valence-corrected chi connectivity index (χ4v) is 5.55. The topological polar surface area (TPSA) is 101 Å². The Morgan fingerprint density at radius 3 is 2.40 bits per heavy atom.